The third kappa shape index (κ3) is 3.59. The zero-order chi connectivity index (χ0) is 20.6. The number of hydrogen-bond acceptors (Lipinski definition) is 5. The average Bonchev–Trinajstić information content (AvgIpc) is 2.71. The van der Waals surface area contributed by atoms with Crippen molar-refractivity contribution in [3.63, 3.8) is 0 Å². The molecule has 4 rings (SSSR count). The number of nitrogens with one attached hydrogen (secondary N) is 1. The molecule has 4 aromatic rings. The summed E-state index contributed by atoms with van der Waals surface area (Å²) in [7, 11) is -4.03. The number of nitrogen functional groups attached to an aromatic ring is 1. The predicted octanol–water partition coefficient (Wildman–Crippen LogP) is 3.96. The van der Waals surface area contributed by atoms with Crippen LogP contribution < -0.4 is 10.5 Å². The third-order valence-electron chi connectivity index (χ3n) is 4.28. The molecule has 0 aliphatic carbocycles. The molecular weight excluding hydrogens is 398 g/mol. The van der Waals surface area contributed by atoms with Gasteiger partial charge in [-0.05, 0) is 42.0 Å². The lowest BCUT2D eigenvalue weighted by Crippen LogP contribution is -2.14. The van der Waals surface area contributed by atoms with E-state index in [9.17, 15) is 12.8 Å². The van der Waals surface area contributed by atoms with Crippen LogP contribution in [-0.4, -0.2) is 18.4 Å². The number of hydrogen-bond donors (Lipinski definition) is 2. The van der Waals surface area contributed by atoms with Crippen molar-refractivity contribution < 1.29 is 17.2 Å². The summed E-state index contributed by atoms with van der Waals surface area (Å²) in [4.78, 5) is 7.88. The molecule has 0 saturated carbocycles. The van der Waals surface area contributed by atoms with Crippen LogP contribution in [0.1, 0.15) is 0 Å². The maximum absolute atomic E-state index is 15.1. The first-order chi connectivity index (χ1) is 13.8. The number of fused-ring (bicyclic) bond motifs is 1. The normalized spacial score (nSPS) is 11.5. The van der Waals surface area contributed by atoms with Gasteiger partial charge in [0.1, 0.15) is 5.82 Å². The SMILES string of the molecule is Nc1ncc2cc(-c3c(F)ccc(NS(=O)(=O)c4ccccc4)c3F)ccc2n1. The minimum atomic E-state index is -4.03. The largest absolute Gasteiger partial charge is 0.368 e. The number of benzene rings is 3. The van der Waals surface area contributed by atoms with Crippen LogP contribution in [0.4, 0.5) is 20.4 Å². The van der Waals surface area contributed by atoms with Gasteiger partial charge >= 0.3 is 0 Å². The summed E-state index contributed by atoms with van der Waals surface area (Å²) in [5, 5.41) is 0.533. The highest BCUT2D eigenvalue weighted by molar-refractivity contribution is 7.92. The lowest BCUT2D eigenvalue weighted by molar-refractivity contribution is 0.588. The first-order valence-electron chi connectivity index (χ1n) is 8.44. The van der Waals surface area contributed by atoms with Gasteiger partial charge in [-0.1, -0.05) is 24.3 Å². The van der Waals surface area contributed by atoms with Crippen molar-refractivity contribution in [2.75, 3.05) is 10.5 Å². The van der Waals surface area contributed by atoms with Gasteiger partial charge in [0.15, 0.2) is 5.82 Å². The molecule has 1 aromatic heterocycles. The maximum Gasteiger partial charge on any atom is 0.261 e. The summed E-state index contributed by atoms with van der Waals surface area (Å²) in [6.45, 7) is 0. The van der Waals surface area contributed by atoms with Crippen LogP contribution >= 0.6 is 0 Å². The van der Waals surface area contributed by atoms with Crippen molar-refractivity contribution in [2.24, 2.45) is 0 Å². The van der Waals surface area contributed by atoms with Crippen molar-refractivity contribution in [1.29, 1.82) is 0 Å². The fourth-order valence-electron chi connectivity index (χ4n) is 2.90. The Morgan fingerprint density at radius 2 is 1.72 bits per heavy atom. The smallest absolute Gasteiger partial charge is 0.261 e. The molecule has 6 nitrogen and oxygen atoms in total. The van der Waals surface area contributed by atoms with Gasteiger partial charge in [-0.15, -0.1) is 0 Å². The van der Waals surface area contributed by atoms with Crippen molar-refractivity contribution in [3.05, 3.63) is 78.5 Å². The monoisotopic (exact) mass is 412 g/mol. The van der Waals surface area contributed by atoms with Crippen LogP contribution in [0.3, 0.4) is 0 Å². The summed E-state index contributed by atoms with van der Waals surface area (Å²) in [6, 6.07) is 14.1. The molecule has 146 valence electrons. The summed E-state index contributed by atoms with van der Waals surface area (Å²) in [6.07, 6.45) is 1.44. The molecule has 0 unspecified atom stereocenters. The number of aromatic nitrogens is 2. The molecule has 0 bridgehead atoms. The Morgan fingerprint density at radius 1 is 0.966 bits per heavy atom. The number of nitrogens with zero attached hydrogens (tertiary/aromatic N) is 2. The first kappa shape index (κ1) is 18.8. The Bertz CT molecular complexity index is 1330. The van der Waals surface area contributed by atoms with Gasteiger partial charge in [0.2, 0.25) is 5.95 Å². The van der Waals surface area contributed by atoms with Crippen molar-refractivity contribution in [2.45, 2.75) is 4.90 Å². The molecule has 0 amide bonds. The van der Waals surface area contributed by atoms with Crippen LogP contribution in [0.5, 0.6) is 0 Å². The van der Waals surface area contributed by atoms with Gasteiger partial charge in [-0.2, -0.15) is 0 Å². The van der Waals surface area contributed by atoms with E-state index in [0.717, 1.165) is 12.1 Å². The van der Waals surface area contributed by atoms with E-state index in [1.54, 1.807) is 24.3 Å². The summed E-state index contributed by atoms with van der Waals surface area (Å²) in [5.41, 5.74) is 5.54. The summed E-state index contributed by atoms with van der Waals surface area (Å²) < 4.78 is 56.7. The molecule has 0 atom stereocenters. The molecule has 29 heavy (non-hydrogen) atoms. The highest BCUT2D eigenvalue weighted by Crippen LogP contribution is 2.33. The molecule has 1 heterocycles. The van der Waals surface area contributed by atoms with Crippen LogP contribution in [0.25, 0.3) is 22.0 Å². The van der Waals surface area contributed by atoms with E-state index in [4.69, 9.17) is 5.73 Å². The van der Waals surface area contributed by atoms with Crippen molar-refractivity contribution >= 4 is 32.6 Å². The first-order valence-corrected chi connectivity index (χ1v) is 9.92. The van der Waals surface area contributed by atoms with E-state index >= 15 is 4.39 Å². The molecule has 0 aliphatic rings. The molecule has 3 N–H and O–H groups in total. The van der Waals surface area contributed by atoms with E-state index in [1.165, 1.54) is 30.5 Å². The fourth-order valence-corrected chi connectivity index (χ4v) is 3.98. The molecule has 0 spiro atoms. The number of sulfonamides is 1. The number of rotatable bonds is 4. The minimum absolute atomic E-state index is 0.0364. The molecule has 0 saturated heterocycles. The maximum atomic E-state index is 15.1. The highest BCUT2D eigenvalue weighted by atomic mass is 32.2. The van der Waals surface area contributed by atoms with Crippen LogP contribution in [0.15, 0.2) is 71.8 Å². The zero-order valence-electron chi connectivity index (χ0n) is 14.8. The predicted molar refractivity (Wildman–Crippen MR) is 107 cm³/mol. The molecule has 0 aliphatic heterocycles. The standard InChI is InChI=1S/C20H14F2N4O2S/c21-15-7-9-17(26-29(27,28)14-4-2-1-3-5-14)19(22)18(15)12-6-8-16-13(10-12)11-24-20(23)25-16/h1-11,26H,(H2,23,24,25). The second-order valence-electron chi connectivity index (χ2n) is 6.20. The van der Waals surface area contributed by atoms with E-state index in [0.29, 0.717) is 10.9 Å². The van der Waals surface area contributed by atoms with Crippen LogP contribution in [-0.2, 0) is 10.0 Å². The molecular formula is C20H14F2N4O2S. The lowest BCUT2D eigenvalue weighted by Gasteiger charge is -2.13. The molecule has 0 fully saturated rings. The van der Waals surface area contributed by atoms with Crippen molar-refractivity contribution in [1.82, 2.24) is 9.97 Å². The van der Waals surface area contributed by atoms with Gasteiger partial charge in [-0.25, -0.2) is 27.2 Å². The molecule has 9 heteroatoms. The average molecular weight is 412 g/mol. The van der Waals surface area contributed by atoms with Gasteiger partial charge in [0.05, 0.1) is 21.7 Å². The lowest BCUT2D eigenvalue weighted by atomic mass is 10.0. The van der Waals surface area contributed by atoms with E-state index in [-0.39, 0.29) is 27.7 Å². The number of nitrogens with two attached hydrogens (primary N) is 1. The second kappa shape index (κ2) is 7.10. The minimum Gasteiger partial charge on any atom is -0.368 e. The van der Waals surface area contributed by atoms with Gasteiger partial charge in [-0.3, -0.25) is 4.72 Å². The van der Waals surface area contributed by atoms with Crippen LogP contribution in [0, 0.1) is 11.6 Å². The Labute approximate surface area is 165 Å². The van der Waals surface area contributed by atoms with Gasteiger partial charge in [0, 0.05) is 11.6 Å². The Kier molecular flexibility index (Phi) is 4.59. The Balaban J connectivity index is 1.79. The summed E-state index contributed by atoms with van der Waals surface area (Å²) in [5.74, 6) is -1.78. The number of halogens is 2. The van der Waals surface area contributed by atoms with E-state index < -0.39 is 21.7 Å². The second-order valence-corrected chi connectivity index (χ2v) is 7.89. The Morgan fingerprint density at radius 3 is 2.48 bits per heavy atom. The Hall–Kier alpha value is -3.59. The highest BCUT2D eigenvalue weighted by Gasteiger charge is 2.21. The summed E-state index contributed by atoms with van der Waals surface area (Å²) >= 11 is 0. The zero-order valence-corrected chi connectivity index (χ0v) is 15.6. The molecule has 0 radical (unpaired) electrons. The third-order valence-corrected chi connectivity index (χ3v) is 5.66. The van der Waals surface area contributed by atoms with Crippen molar-refractivity contribution in [3.8, 4) is 11.1 Å². The molecule has 3 aromatic carbocycles. The van der Waals surface area contributed by atoms with E-state index in [2.05, 4.69) is 14.7 Å². The van der Waals surface area contributed by atoms with Crippen LogP contribution in [0.2, 0.25) is 0 Å². The van der Waals surface area contributed by atoms with Gasteiger partial charge in [0.25, 0.3) is 10.0 Å². The quantitative estimate of drug-likeness (QED) is 0.529. The van der Waals surface area contributed by atoms with Gasteiger partial charge < -0.3 is 5.73 Å². The fraction of sp³-hybridized carbons (Fsp3) is 0. The number of anilines is 2. The van der Waals surface area contributed by atoms with E-state index in [1.807, 2.05) is 0 Å². The topological polar surface area (TPSA) is 98.0 Å².